The molecule has 0 spiro atoms. The molecule has 1 heteroatoms. The topological polar surface area (TPSA) is 0 Å². The van der Waals surface area contributed by atoms with Crippen molar-refractivity contribution < 1.29 is 0 Å². The molecule has 1 rings (SSSR count). The molecule has 1 unspecified atom stereocenters. The van der Waals surface area contributed by atoms with Crippen LogP contribution in [0.3, 0.4) is 0 Å². The number of hydrogen-bond acceptors (Lipinski definition) is 0. The summed E-state index contributed by atoms with van der Waals surface area (Å²) < 4.78 is 1.38. The van der Waals surface area contributed by atoms with E-state index in [4.69, 9.17) is 0 Å². The zero-order chi connectivity index (χ0) is 7.61. The van der Waals surface area contributed by atoms with Crippen molar-refractivity contribution in [3.05, 3.63) is 21.8 Å². The lowest BCUT2D eigenvalue weighted by Crippen LogP contribution is -2.12. The molecule has 0 saturated heterocycles. The van der Waals surface area contributed by atoms with E-state index in [-0.39, 0.29) is 0 Å². The van der Waals surface area contributed by atoms with E-state index in [1.54, 1.807) is 0 Å². The number of allylic oxidation sites excluding steroid dienone is 4. The van der Waals surface area contributed by atoms with E-state index in [0.717, 1.165) is 0 Å². The smallest absolute Gasteiger partial charge is 0.00873 e. The minimum Gasteiger partial charge on any atom is -0.0772 e. The van der Waals surface area contributed by atoms with E-state index in [9.17, 15) is 0 Å². The van der Waals surface area contributed by atoms with Crippen LogP contribution in [-0.4, -0.2) is 0 Å². The Morgan fingerprint density at radius 1 is 1.70 bits per heavy atom. The van der Waals surface area contributed by atoms with Crippen molar-refractivity contribution in [3.8, 4) is 0 Å². The average molecular weight is 248 g/mol. The van der Waals surface area contributed by atoms with Gasteiger partial charge in [0, 0.05) is 3.58 Å². The second-order valence-electron chi connectivity index (χ2n) is 3.13. The highest BCUT2D eigenvalue weighted by atomic mass is 127. The molecule has 0 aliphatic heterocycles. The van der Waals surface area contributed by atoms with Gasteiger partial charge in [0.15, 0.2) is 0 Å². The van der Waals surface area contributed by atoms with Crippen LogP contribution in [0.5, 0.6) is 0 Å². The van der Waals surface area contributed by atoms with Gasteiger partial charge in [-0.25, -0.2) is 0 Å². The minimum absolute atomic E-state index is 0.439. The number of halogens is 1. The van der Waals surface area contributed by atoms with Gasteiger partial charge in [-0.15, -0.1) is 0 Å². The first-order valence-corrected chi connectivity index (χ1v) is 4.79. The van der Waals surface area contributed by atoms with E-state index < -0.39 is 0 Å². The highest BCUT2D eigenvalue weighted by Crippen LogP contribution is 2.33. The maximum Gasteiger partial charge on any atom is 0.00873 e. The molecular weight excluding hydrogens is 235 g/mol. The third-order valence-corrected chi connectivity index (χ3v) is 3.02. The first kappa shape index (κ1) is 8.31. The lowest BCUT2D eigenvalue weighted by atomic mass is 9.81. The van der Waals surface area contributed by atoms with E-state index in [1.807, 2.05) is 0 Å². The third kappa shape index (κ3) is 1.84. The molecule has 0 nitrogen and oxygen atoms in total. The molecule has 56 valence electrons. The highest BCUT2D eigenvalue weighted by Gasteiger charge is 2.18. The molecule has 1 aliphatic carbocycles. The molecule has 0 N–H and O–H groups in total. The lowest BCUT2D eigenvalue weighted by molar-refractivity contribution is 0.413. The summed E-state index contributed by atoms with van der Waals surface area (Å²) in [5.41, 5.74) is 0.439. The second-order valence-corrected chi connectivity index (χ2v) is 4.38. The fourth-order valence-corrected chi connectivity index (χ4v) is 1.41. The minimum atomic E-state index is 0.439. The van der Waals surface area contributed by atoms with Gasteiger partial charge in [0.05, 0.1) is 0 Å². The Balaban J connectivity index is 2.67. The second kappa shape index (κ2) is 3.07. The summed E-state index contributed by atoms with van der Waals surface area (Å²) in [5, 5.41) is 0. The van der Waals surface area contributed by atoms with E-state index in [2.05, 4.69) is 54.7 Å². The molecule has 1 atom stereocenters. The first-order valence-electron chi connectivity index (χ1n) is 3.71. The summed E-state index contributed by atoms with van der Waals surface area (Å²) in [7, 11) is 0. The molecule has 0 saturated carbocycles. The summed E-state index contributed by atoms with van der Waals surface area (Å²) in [6, 6.07) is 0. The summed E-state index contributed by atoms with van der Waals surface area (Å²) in [6.45, 7) is 4.56. The largest absolute Gasteiger partial charge is 0.0772 e. The highest BCUT2D eigenvalue weighted by molar-refractivity contribution is 14.1. The quantitative estimate of drug-likeness (QED) is 0.621. The van der Waals surface area contributed by atoms with Crippen molar-refractivity contribution in [3.63, 3.8) is 0 Å². The normalized spacial score (nSPS) is 32.1. The Morgan fingerprint density at radius 3 is 2.80 bits per heavy atom. The summed E-state index contributed by atoms with van der Waals surface area (Å²) >= 11 is 2.36. The molecule has 0 aromatic heterocycles. The Morgan fingerprint density at radius 2 is 2.40 bits per heavy atom. The zero-order valence-electron chi connectivity index (χ0n) is 6.52. The molecule has 0 aromatic carbocycles. The van der Waals surface area contributed by atoms with Crippen LogP contribution in [-0.2, 0) is 0 Å². The van der Waals surface area contributed by atoms with Crippen LogP contribution in [0.1, 0.15) is 26.7 Å². The maximum atomic E-state index is 2.36. The fraction of sp³-hybridized carbons (Fsp3) is 0.556. The van der Waals surface area contributed by atoms with Gasteiger partial charge in [0.1, 0.15) is 0 Å². The molecule has 1 aliphatic rings. The summed E-state index contributed by atoms with van der Waals surface area (Å²) in [5.74, 6) is 0. The third-order valence-electron chi connectivity index (χ3n) is 2.22. The number of hydrogen-bond donors (Lipinski definition) is 0. The molecule has 0 amide bonds. The van der Waals surface area contributed by atoms with Gasteiger partial charge in [-0.05, 0) is 40.8 Å². The molecule has 0 fully saturated rings. The average Bonchev–Trinajstić information content (AvgIpc) is 1.96. The van der Waals surface area contributed by atoms with Crippen molar-refractivity contribution in [2.24, 2.45) is 5.41 Å². The molecule has 0 radical (unpaired) electrons. The van der Waals surface area contributed by atoms with E-state index in [1.165, 1.54) is 16.4 Å². The maximum absolute atomic E-state index is 2.36. The van der Waals surface area contributed by atoms with Crippen LogP contribution in [0, 0.1) is 5.41 Å². The first-order chi connectivity index (χ1) is 4.66. The van der Waals surface area contributed by atoms with Crippen LogP contribution in [0.2, 0.25) is 0 Å². The lowest BCUT2D eigenvalue weighted by Gasteiger charge is -2.25. The summed E-state index contributed by atoms with van der Waals surface area (Å²) in [6.07, 6.45) is 9.30. The van der Waals surface area contributed by atoms with Gasteiger partial charge >= 0.3 is 0 Å². The van der Waals surface area contributed by atoms with Crippen molar-refractivity contribution >= 4 is 22.6 Å². The van der Waals surface area contributed by atoms with Crippen LogP contribution in [0.4, 0.5) is 0 Å². The van der Waals surface area contributed by atoms with Gasteiger partial charge < -0.3 is 0 Å². The standard InChI is InChI=1S/C9H13I/c1-3-9(2)6-4-8(10)5-7-9/h4-6H,3,7H2,1-2H3. The van der Waals surface area contributed by atoms with E-state index >= 15 is 0 Å². The van der Waals surface area contributed by atoms with Gasteiger partial charge in [0.2, 0.25) is 0 Å². The monoisotopic (exact) mass is 248 g/mol. The van der Waals surface area contributed by atoms with Crippen molar-refractivity contribution in [1.82, 2.24) is 0 Å². The van der Waals surface area contributed by atoms with Crippen molar-refractivity contribution in [2.45, 2.75) is 26.7 Å². The molecule has 0 bridgehead atoms. The Kier molecular flexibility index (Phi) is 2.55. The van der Waals surface area contributed by atoms with Crippen LogP contribution in [0.15, 0.2) is 21.8 Å². The molecule has 10 heavy (non-hydrogen) atoms. The fourth-order valence-electron chi connectivity index (χ4n) is 1.01. The molecule has 0 aromatic rings. The zero-order valence-corrected chi connectivity index (χ0v) is 8.68. The van der Waals surface area contributed by atoms with E-state index in [0.29, 0.717) is 5.41 Å². The van der Waals surface area contributed by atoms with Crippen LogP contribution in [0.25, 0.3) is 0 Å². The van der Waals surface area contributed by atoms with Crippen molar-refractivity contribution in [2.75, 3.05) is 0 Å². The van der Waals surface area contributed by atoms with Gasteiger partial charge in [-0.3, -0.25) is 0 Å². The summed E-state index contributed by atoms with van der Waals surface area (Å²) in [4.78, 5) is 0. The Bertz CT molecular complexity index is 179. The SMILES string of the molecule is CCC1(C)C=CC(I)=CC1. The van der Waals surface area contributed by atoms with Gasteiger partial charge in [-0.2, -0.15) is 0 Å². The Hall–Kier alpha value is 0.210. The van der Waals surface area contributed by atoms with Crippen molar-refractivity contribution in [1.29, 1.82) is 0 Å². The molecule has 0 heterocycles. The van der Waals surface area contributed by atoms with Gasteiger partial charge in [-0.1, -0.05) is 32.1 Å². The van der Waals surface area contributed by atoms with Crippen LogP contribution < -0.4 is 0 Å². The predicted octanol–water partition coefficient (Wildman–Crippen LogP) is 3.68. The number of rotatable bonds is 1. The predicted molar refractivity (Wildman–Crippen MR) is 54.3 cm³/mol. The Labute approximate surface area is 76.5 Å². The van der Waals surface area contributed by atoms with Gasteiger partial charge in [0.25, 0.3) is 0 Å². The molecular formula is C9H13I. The van der Waals surface area contributed by atoms with Crippen LogP contribution >= 0.6 is 22.6 Å².